The molecule has 0 saturated heterocycles. The second kappa shape index (κ2) is 7.10. The summed E-state index contributed by atoms with van der Waals surface area (Å²) in [5.74, 6) is -0.330. The van der Waals surface area contributed by atoms with Crippen LogP contribution in [0.1, 0.15) is 27.2 Å². The molecule has 2 aromatic rings. The quantitative estimate of drug-likeness (QED) is 0.852. The Morgan fingerprint density at radius 3 is 2.39 bits per heavy atom. The molecular weight excluding hydrogens is 312 g/mol. The minimum atomic E-state index is -3.75. The smallest absolute Gasteiger partial charge is 0.241 e. The molecule has 0 spiro atoms. The maximum absolute atomic E-state index is 12.5. The van der Waals surface area contributed by atoms with E-state index in [1.165, 1.54) is 6.92 Å². The van der Waals surface area contributed by atoms with Crippen molar-refractivity contribution < 1.29 is 13.2 Å². The van der Waals surface area contributed by atoms with Gasteiger partial charge in [-0.25, -0.2) is 8.42 Å². The van der Waals surface area contributed by atoms with Gasteiger partial charge < -0.3 is 5.32 Å². The zero-order chi connectivity index (χ0) is 17.0. The first kappa shape index (κ1) is 17.4. The van der Waals surface area contributed by atoms with E-state index in [1.807, 2.05) is 38.1 Å². The molecule has 23 heavy (non-hydrogen) atoms. The molecule has 0 saturated carbocycles. The Hall–Kier alpha value is -1.92. The van der Waals surface area contributed by atoms with E-state index >= 15 is 0 Å². The lowest BCUT2D eigenvalue weighted by Crippen LogP contribution is -2.47. The van der Waals surface area contributed by atoms with Gasteiger partial charge in [-0.15, -0.1) is 0 Å². The SMILES string of the molecule is CC[C@@H](C)NC(=O)[C@H](C)NS(=O)(=O)c1ccc2ccccc2c1. The number of carbonyl (C=O) groups is 1. The topological polar surface area (TPSA) is 75.3 Å². The molecule has 0 unspecified atom stereocenters. The van der Waals surface area contributed by atoms with E-state index in [0.717, 1.165) is 17.2 Å². The summed E-state index contributed by atoms with van der Waals surface area (Å²) >= 11 is 0. The van der Waals surface area contributed by atoms with Gasteiger partial charge in [-0.2, -0.15) is 4.72 Å². The molecule has 0 bridgehead atoms. The Labute approximate surface area is 137 Å². The third-order valence-electron chi connectivity index (χ3n) is 3.76. The van der Waals surface area contributed by atoms with Crippen LogP contribution < -0.4 is 10.0 Å². The molecule has 0 aromatic heterocycles. The standard InChI is InChI=1S/C17H22N2O3S/c1-4-12(2)18-17(20)13(3)19-23(21,22)16-10-9-14-7-5-6-8-15(14)11-16/h5-13,19H,4H2,1-3H3,(H,18,20)/t12-,13+/m1/s1. The van der Waals surface area contributed by atoms with Gasteiger partial charge in [0.1, 0.15) is 0 Å². The summed E-state index contributed by atoms with van der Waals surface area (Å²) in [6.07, 6.45) is 0.788. The highest BCUT2D eigenvalue weighted by atomic mass is 32.2. The lowest BCUT2D eigenvalue weighted by atomic mass is 10.1. The number of hydrogen-bond donors (Lipinski definition) is 2. The van der Waals surface area contributed by atoms with Crippen molar-refractivity contribution in [3.63, 3.8) is 0 Å². The lowest BCUT2D eigenvalue weighted by molar-refractivity contribution is -0.122. The summed E-state index contributed by atoms with van der Waals surface area (Å²) in [6.45, 7) is 5.37. The minimum Gasteiger partial charge on any atom is -0.352 e. The third-order valence-corrected chi connectivity index (χ3v) is 5.30. The van der Waals surface area contributed by atoms with E-state index in [-0.39, 0.29) is 16.8 Å². The average Bonchev–Trinajstić information content (AvgIpc) is 2.53. The highest BCUT2D eigenvalue weighted by Gasteiger charge is 2.22. The van der Waals surface area contributed by atoms with Crippen molar-refractivity contribution in [2.45, 2.75) is 44.2 Å². The zero-order valence-electron chi connectivity index (χ0n) is 13.5. The van der Waals surface area contributed by atoms with Gasteiger partial charge in [0.25, 0.3) is 0 Å². The number of hydrogen-bond acceptors (Lipinski definition) is 3. The van der Waals surface area contributed by atoms with Crippen molar-refractivity contribution in [2.75, 3.05) is 0 Å². The molecule has 0 aliphatic heterocycles. The van der Waals surface area contributed by atoms with Gasteiger partial charge in [-0.1, -0.05) is 37.3 Å². The summed E-state index contributed by atoms with van der Waals surface area (Å²) in [6, 6.07) is 11.6. The molecule has 0 radical (unpaired) electrons. The fourth-order valence-electron chi connectivity index (χ4n) is 2.16. The molecule has 0 fully saturated rings. The fraction of sp³-hybridized carbons (Fsp3) is 0.353. The minimum absolute atomic E-state index is 0.00937. The molecule has 2 rings (SSSR count). The summed E-state index contributed by atoms with van der Waals surface area (Å²) in [4.78, 5) is 12.1. The first-order valence-corrected chi connectivity index (χ1v) is 9.13. The number of amides is 1. The summed E-state index contributed by atoms with van der Waals surface area (Å²) < 4.78 is 27.3. The van der Waals surface area contributed by atoms with Crippen LogP contribution >= 0.6 is 0 Å². The summed E-state index contributed by atoms with van der Waals surface area (Å²) in [5.41, 5.74) is 0. The van der Waals surface area contributed by atoms with E-state index < -0.39 is 16.1 Å². The zero-order valence-corrected chi connectivity index (χ0v) is 14.4. The van der Waals surface area contributed by atoms with Crippen LogP contribution in [0.4, 0.5) is 0 Å². The van der Waals surface area contributed by atoms with Gasteiger partial charge in [0.05, 0.1) is 10.9 Å². The number of sulfonamides is 1. The molecular formula is C17H22N2O3S. The number of fused-ring (bicyclic) bond motifs is 1. The van der Waals surface area contributed by atoms with Gasteiger partial charge in [-0.05, 0) is 43.2 Å². The molecule has 1 amide bonds. The Kier molecular flexibility index (Phi) is 5.38. The van der Waals surface area contributed by atoms with E-state index in [2.05, 4.69) is 10.0 Å². The van der Waals surface area contributed by atoms with Crippen LogP contribution in [0.5, 0.6) is 0 Å². The van der Waals surface area contributed by atoms with Crippen molar-refractivity contribution in [3.05, 3.63) is 42.5 Å². The first-order valence-electron chi connectivity index (χ1n) is 7.65. The van der Waals surface area contributed by atoms with Crippen LogP contribution in [0.3, 0.4) is 0 Å². The molecule has 0 aliphatic rings. The van der Waals surface area contributed by atoms with Crippen molar-refractivity contribution >= 4 is 26.7 Å². The maximum atomic E-state index is 12.5. The van der Waals surface area contributed by atoms with Crippen molar-refractivity contribution in [1.29, 1.82) is 0 Å². The predicted molar refractivity (Wildman–Crippen MR) is 91.6 cm³/mol. The van der Waals surface area contributed by atoms with Crippen molar-refractivity contribution in [3.8, 4) is 0 Å². The molecule has 2 N–H and O–H groups in total. The third kappa shape index (κ3) is 4.30. The maximum Gasteiger partial charge on any atom is 0.241 e. The predicted octanol–water partition coefficient (Wildman–Crippen LogP) is 2.42. The van der Waals surface area contributed by atoms with E-state index in [0.29, 0.717) is 0 Å². The van der Waals surface area contributed by atoms with Gasteiger partial charge >= 0.3 is 0 Å². The number of carbonyl (C=O) groups excluding carboxylic acids is 1. The molecule has 5 nitrogen and oxygen atoms in total. The van der Waals surface area contributed by atoms with Crippen LogP contribution in [0.15, 0.2) is 47.4 Å². The number of nitrogens with one attached hydrogen (secondary N) is 2. The second-order valence-electron chi connectivity index (χ2n) is 5.67. The number of rotatable bonds is 6. The van der Waals surface area contributed by atoms with Crippen LogP contribution in [-0.4, -0.2) is 26.4 Å². The molecule has 2 atom stereocenters. The van der Waals surface area contributed by atoms with E-state index in [4.69, 9.17) is 0 Å². The normalized spacial score (nSPS) is 14.4. The second-order valence-corrected chi connectivity index (χ2v) is 7.38. The van der Waals surface area contributed by atoms with Crippen LogP contribution in [-0.2, 0) is 14.8 Å². The Bertz CT molecular complexity index is 802. The fourth-order valence-corrected chi connectivity index (χ4v) is 3.40. The van der Waals surface area contributed by atoms with Gasteiger partial charge in [-0.3, -0.25) is 4.79 Å². The van der Waals surface area contributed by atoms with E-state index in [1.54, 1.807) is 18.2 Å². The first-order chi connectivity index (χ1) is 10.8. The summed E-state index contributed by atoms with van der Waals surface area (Å²) in [5, 5.41) is 4.57. The number of benzene rings is 2. The molecule has 6 heteroatoms. The van der Waals surface area contributed by atoms with Gasteiger partial charge in [0.15, 0.2) is 0 Å². The molecule has 0 heterocycles. The largest absolute Gasteiger partial charge is 0.352 e. The average molecular weight is 334 g/mol. The van der Waals surface area contributed by atoms with Crippen molar-refractivity contribution in [2.24, 2.45) is 0 Å². The molecule has 0 aliphatic carbocycles. The van der Waals surface area contributed by atoms with Gasteiger partial charge in [0, 0.05) is 6.04 Å². The summed E-state index contributed by atoms with van der Waals surface area (Å²) in [7, 11) is -3.75. The van der Waals surface area contributed by atoms with Crippen LogP contribution in [0.2, 0.25) is 0 Å². The van der Waals surface area contributed by atoms with Crippen molar-refractivity contribution in [1.82, 2.24) is 10.0 Å². The Balaban J connectivity index is 2.18. The van der Waals surface area contributed by atoms with Crippen LogP contribution in [0.25, 0.3) is 10.8 Å². The Morgan fingerprint density at radius 2 is 1.74 bits per heavy atom. The van der Waals surface area contributed by atoms with E-state index in [9.17, 15) is 13.2 Å². The van der Waals surface area contributed by atoms with Gasteiger partial charge in [0.2, 0.25) is 15.9 Å². The highest BCUT2D eigenvalue weighted by Crippen LogP contribution is 2.19. The Morgan fingerprint density at radius 1 is 1.09 bits per heavy atom. The lowest BCUT2D eigenvalue weighted by Gasteiger charge is -2.17. The highest BCUT2D eigenvalue weighted by molar-refractivity contribution is 7.89. The molecule has 124 valence electrons. The molecule has 2 aromatic carbocycles. The van der Waals surface area contributed by atoms with Crippen LogP contribution in [0, 0.1) is 0 Å². The monoisotopic (exact) mass is 334 g/mol.